The van der Waals surface area contributed by atoms with Crippen molar-refractivity contribution in [3.63, 3.8) is 0 Å². The van der Waals surface area contributed by atoms with Crippen molar-refractivity contribution in [2.75, 3.05) is 32.7 Å². The molecule has 0 radical (unpaired) electrons. The fraction of sp³-hybridized carbons (Fsp3) is 0.640. The summed E-state index contributed by atoms with van der Waals surface area (Å²) < 4.78 is 6.47. The molecule has 0 bridgehead atoms. The molecular formula is C25H38N2O2. The lowest BCUT2D eigenvalue weighted by Gasteiger charge is -2.46. The van der Waals surface area contributed by atoms with Gasteiger partial charge >= 0.3 is 5.97 Å². The van der Waals surface area contributed by atoms with E-state index in [2.05, 4.69) is 41.1 Å². The SMILES string of the molecule is C=Cc1cccc(C(CN2CCNCC2)C2(OC(=O)C(C)(C)C)CCCCC2)c1. The van der Waals surface area contributed by atoms with Crippen LogP contribution in [0.4, 0.5) is 0 Å². The van der Waals surface area contributed by atoms with Crippen LogP contribution in [-0.4, -0.2) is 49.2 Å². The summed E-state index contributed by atoms with van der Waals surface area (Å²) in [7, 11) is 0. The van der Waals surface area contributed by atoms with E-state index in [1.165, 1.54) is 12.0 Å². The highest BCUT2D eigenvalue weighted by Crippen LogP contribution is 2.45. The van der Waals surface area contributed by atoms with Crippen LogP contribution in [0.5, 0.6) is 0 Å². The number of hydrogen-bond donors (Lipinski definition) is 1. The fourth-order valence-corrected chi connectivity index (χ4v) is 4.64. The minimum Gasteiger partial charge on any atom is -0.458 e. The number of piperazine rings is 1. The van der Waals surface area contributed by atoms with E-state index in [4.69, 9.17) is 4.74 Å². The van der Waals surface area contributed by atoms with Crippen LogP contribution in [0, 0.1) is 5.41 Å². The van der Waals surface area contributed by atoms with Gasteiger partial charge in [0.25, 0.3) is 0 Å². The molecule has 1 saturated carbocycles. The minimum absolute atomic E-state index is 0.0791. The number of hydrogen-bond acceptors (Lipinski definition) is 4. The summed E-state index contributed by atoms with van der Waals surface area (Å²) in [4.78, 5) is 15.6. The summed E-state index contributed by atoms with van der Waals surface area (Å²) in [6.07, 6.45) is 7.27. The first-order valence-corrected chi connectivity index (χ1v) is 11.2. The molecular weight excluding hydrogens is 360 g/mol. The second-order valence-corrected chi connectivity index (χ2v) is 9.74. The first-order valence-electron chi connectivity index (χ1n) is 11.2. The van der Waals surface area contributed by atoms with Gasteiger partial charge in [0.2, 0.25) is 0 Å². The smallest absolute Gasteiger partial charge is 0.311 e. The van der Waals surface area contributed by atoms with Crippen LogP contribution in [0.3, 0.4) is 0 Å². The van der Waals surface area contributed by atoms with Crippen molar-refractivity contribution in [2.45, 2.75) is 64.4 Å². The number of nitrogens with one attached hydrogen (secondary N) is 1. The van der Waals surface area contributed by atoms with Gasteiger partial charge in [0, 0.05) is 38.6 Å². The molecule has 1 aliphatic carbocycles. The molecule has 4 nitrogen and oxygen atoms in total. The normalized spacial score (nSPS) is 21.3. The molecule has 0 amide bonds. The number of esters is 1. The quantitative estimate of drug-likeness (QED) is 0.711. The monoisotopic (exact) mass is 398 g/mol. The molecule has 1 saturated heterocycles. The van der Waals surface area contributed by atoms with Gasteiger partial charge in [-0.1, -0.05) is 43.3 Å². The maximum Gasteiger partial charge on any atom is 0.311 e. The molecule has 2 aliphatic rings. The zero-order chi connectivity index (χ0) is 20.9. The Bertz CT molecular complexity index is 695. The van der Waals surface area contributed by atoms with E-state index in [9.17, 15) is 4.79 Å². The molecule has 0 spiro atoms. The van der Waals surface area contributed by atoms with Gasteiger partial charge in [-0.2, -0.15) is 0 Å². The molecule has 1 N–H and O–H groups in total. The predicted molar refractivity (Wildman–Crippen MR) is 120 cm³/mol. The molecule has 1 unspecified atom stereocenters. The summed E-state index contributed by atoms with van der Waals surface area (Å²) >= 11 is 0. The van der Waals surface area contributed by atoms with Crippen LogP contribution >= 0.6 is 0 Å². The molecule has 4 heteroatoms. The van der Waals surface area contributed by atoms with Crippen LogP contribution in [0.15, 0.2) is 30.8 Å². The molecule has 1 aromatic carbocycles. The molecule has 1 aromatic rings. The van der Waals surface area contributed by atoms with E-state index in [0.717, 1.165) is 64.0 Å². The van der Waals surface area contributed by atoms with Gasteiger partial charge in [0.1, 0.15) is 5.60 Å². The van der Waals surface area contributed by atoms with Crippen LogP contribution in [-0.2, 0) is 9.53 Å². The summed E-state index contributed by atoms with van der Waals surface area (Å²) in [6.45, 7) is 14.9. The lowest BCUT2D eigenvalue weighted by Crippen LogP contribution is -2.52. The minimum atomic E-state index is -0.493. The van der Waals surface area contributed by atoms with Crippen LogP contribution in [0.1, 0.15) is 69.9 Å². The van der Waals surface area contributed by atoms with E-state index in [-0.39, 0.29) is 11.9 Å². The molecule has 1 atom stereocenters. The van der Waals surface area contributed by atoms with Gasteiger partial charge < -0.3 is 15.0 Å². The molecule has 1 aliphatic heterocycles. The predicted octanol–water partition coefficient (Wildman–Crippen LogP) is 4.61. The summed E-state index contributed by atoms with van der Waals surface area (Å²) in [6, 6.07) is 8.65. The van der Waals surface area contributed by atoms with Gasteiger partial charge in [-0.25, -0.2) is 0 Å². The van der Waals surface area contributed by atoms with Crippen molar-refractivity contribution < 1.29 is 9.53 Å². The topological polar surface area (TPSA) is 41.6 Å². The third-order valence-corrected chi connectivity index (χ3v) is 6.44. The highest BCUT2D eigenvalue weighted by Gasteiger charge is 2.46. The lowest BCUT2D eigenvalue weighted by molar-refractivity contribution is -0.177. The van der Waals surface area contributed by atoms with E-state index >= 15 is 0 Å². The molecule has 1 heterocycles. The third-order valence-electron chi connectivity index (χ3n) is 6.44. The number of nitrogens with zero attached hydrogens (tertiary/aromatic N) is 1. The van der Waals surface area contributed by atoms with Crippen molar-refractivity contribution in [1.82, 2.24) is 10.2 Å². The Morgan fingerprint density at radius 1 is 1.24 bits per heavy atom. The maximum atomic E-state index is 13.0. The Morgan fingerprint density at radius 2 is 1.93 bits per heavy atom. The van der Waals surface area contributed by atoms with E-state index in [1.807, 2.05) is 26.8 Å². The Balaban J connectivity index is 1.98. The average Bonchev–Trinajstić information content (AvgIpc) is 2.72. The lowest BCUT2D eigenvalue weighted by atomic mass is 9.71. The summed E-state index contributed by atoms with van der Waals surface area (Å²) in [5.74, 6) is 0.0942. The van der Waals surface area contributed by atoms with Crippen LogP contribution in [0.25, 0.3) is 6.08 Å². The molecule has 0 aromatic heterocycles. The van der Waals surface area contributed by atoms with Crippen molar-refractivity contribution in [1.29, 1.82) is 0 Å². The number of carbonyl (C=O) groups excluding carboxylic acids is 1. The fourth-order valence-electron chi connectivity index (χ4n) is 4.64. The number of benzene rings is 1. The first-order chi connectivity index (χ1) is 13.8. The Kier molecular flexibility index (Phi) is 7.18. The first kappa shape index (κ1) is 22.0. The Labute approximate surface area is 176 Å². The van der Waals surface area contributed by atoms with E-state index < -0.39 is 11.0 Å². The summed E-state index contributed by atoms with van der Waals surface area (Å²) in [5, 5.41) is 3.45. The van der Waals surface area contributed by atoms with Gasteiger partial charge in [-0.3, -0.25) is 4.79 Å². The average molecular weight is 399 g/mol. The molecule has 29 heavy (non-hydrogen) atoms. The zero-order valence-corrected chi connectivity index (χ0v) is 18.5. The Hall–Kier alpha value is -1.65. The van der Waals surface area contributed by atoms with Crippen molar-refractivity contribution in [2.24, 2.45) is 5.41 Å². The van der Waals surface area contributed by atoms with E-state index in [0.29, 0.717) is 0 Å². The second kappa shape index (κ2) is 9.44. The summed E-state index contributed by atoms with van der Waals surface area (Å²) in [5.41, 5.74) is 1.48. The van der Waals surface area contributed by atoms with Crippen LogP contribution < -0.4 is 5.32 Å². The van der Waals surface area contributed by atoms with Crippen molar-refractivity contribution >= 4 is 12.0 Å². The third kappa shape index (κ3) is 5.49. The van der Waals surface area contributed by atoms with Crippen LogP contribution in [0.2, 0.25) is 0 Å². The largest absolute Gasteiger partial charge is 0.458 e. The number of rotatable bonds is 6. The number of carbonyl (C=O) groups is 1. The molecule has 3 rings (SSSR count). The van der Waals surface area contributed by atoms with Gasteiger partial charge in [-0.15, -0.1) is 0 Å². The van der Waals surface area contributed by atoms with Crippen molar-refractivity contribution in [3.05, 3.63) is 42.0 Å². The van der Waals surface area contributed by atoms with Crippen molar-refractivity contribution in [3.8, 4) is 0 Å². The second-order valence-electron chi connectivity index (χ2n) is 9.74. The highest BCUT2D eigenvalue weighted by molar-refractivity contribution is 5.76. The van der Waals surface area contributed by atoms with Gasteiger partial charge in [0.05, 0.1) is 5.41 Å². The van der Waals surface area contributed by atoms with E-state index in [1.54, 1.807) is 0 Å². The van der Waals surface area contributed by atoms with Gasteiger partial charge in [0.15, 0.2) is 0 Å². The molecule has 160 valence electrons. The Morgan fingerprint density at radius 3 is 2.55 bits per heavy atom. The molecule has 2 fully saturated rings. The maximum absolute atomic E-state index is 13.0. The van der Waals surface area contributed by atoms with Gasteiger partial charge in [-0.05, 0) is 57.6 Å². The standard InChI is InChI=1S/C25H38N2O2/c1-5-20-10-9-11-21(18-20)22(19-27-16-14-26-15-17-27)25(12-7-6-8-13-25)29-23(28)24(2,3)4/h5,9-11,18,22,26H,1,6-8,12-17,19H2,2-4H3. The zero-order valence-electron chi connectivity index (χ0n) is 18.5. The number of ether oxygens (including phenoxy) is 1. The highest BCUT2D eigenvalue weighted by atomic mass is 16.6.